The molecule has 2 aromatic rings. The lowest BCUT2D eigenvalue weighted by molar-refractivity contribution is -0.139. The fraction of sp³-hybridized carbons (Fsp3) is 0.435. The number of rotatable bonds is 11. The van der Waals surface area contributed by atoms with Gasteiger partial charge in [0.1, 0.15) is 11.9 Å². The molecule has 1 aromatic heterocycles. The maximum Gasteiger partial charge on any atom is 0.326 e. The number of aliphatic carboxylic acids is 1. The van der Waals surface area contributed by atoms with Crippen LogP contribution in [0.25, 0.3) is 0 Å². The second kappa shape index (κ2) is 12.0. The molecule has 0 bridgehead atoms. The van der Waals surface area contributed by atoms with E-state index in [0.717, 1.165) is 50.2 Å². The average Bonchev–Trinajstić information content (AvgIpc) is 2.77. The molecule has 0 spiro atoms. The van der Waals surface area contributed by atoms with Crippen LogP contribution in [-0.4, -0.2) is 47.8 Å². The highest BCUT2D eigenvalue weighted by atomic mass is 35.5. The number of carboxylic acid groups (broad SMARTS) is 1. The van der Waals surface area contributed by atoms with Crippen molar-refractivity contribution in [1.82, 2.24) is 10.3 Å². The van der Waals surface area contributed by atoms with Crippen molar-refractivity contribution >= 4 is 40.9 Å². The number of halogens is 2. The van der Waals surface area contributed by atoms with Crippen LogP contribution >= 0.6 is 23.2 Å². The van der Waals surface area contributed by atoms with Gasteiger partial charge >= 0.3 is 5.97 Å². The van der Waals surface area contributed by atoms with Crippen LogP contribution in [0.2, 0.25) is 10.0 Å². The number of hydrogen-bond donors (Lipinski definition) is 3. The summed E-state index contributed by atoms with van der Waals surface area (Å²) in [6.07, 6.45) is 4.99. The van der Waals surface area contributed by atoms with Crippen molar-refractivity contribution in [3.8, 4) is 0 Å². The summed E-state index contributed by atoms with van der Waals surface area (Å²) in [4.78, 5) is 28.6. The summed E-state index contributed by atoms with van der Waals surface area (Å²) in [7, 11) is 0. The Bertz CT molecular complexity index is 935. The van der Waals surface area contributed by atoms with Crippen LogP contribution in [0.1, 0.15) is 47.3 Å². The molecule has 0 fully saturated rings. The molecule has 0 radical (unpaired) electrons. The number of aromatic nitrogens is 1. The molecule has 1 aliphatic heterocycles. The minimum atomic E-state index is -1.14. The summed E-state index contributed by atoms with van der Waals surface area (Å²) in [6.45, 7) is 1.70. The predicted molar refractivity (Wildman–Crippen MR) is 125 cm³/mol. The van der Waals surface area contributed by atoms with Crippen LogP contribution in [0.3, 0.4) is 0 Å². The summed E-state index contributed by atoms with van der Waals surface area (Å²) >= 11 is 12.0. The lowest BCUT2D eigenvalue weighted by atomic mass is 10.1. The largest absolute Gasteiger partial charge is 0.480 e. The number of carbonyl (C=O) groups is 2. The van der Waals surface area contributed by atoms with Crippen molar-refractivity contribution in [2.45, 2.75) is 44.6 Å². The van der Waals surface area contributed by atoms with Crippen molar-refractivity contribution in [2.75, 3.05) is 25.1 Å². The van der Waals surface area contributed by atoms with E-state index in [1.807, 2.05) is 0 Å². The number of nitrogens with one attached hydrogen (secondary N) is 2. The zero-order valence-electron chi connectivity index (χ0n) is 17.7. The molecular formula is C23H27Cl2N3O4. The zero-order chi connectivity index (χ0) is 22.9. The van der Waals surface area contributed by atoms with E-state index in [9.17, 15) is 14.7 Å². The van der Waals surface area contributed by atoms with Gasteiger partial charge in [-0.3, -0.25) is 4.79 Å². The molecule has 0 aliphatic carbocycles. The van der Waals surface area contributed by atoms with E-state index in [1.165, 1.54) is 17.7 Å². The van der Waals surface area contributed by atoms with Gasteiger partial charge in [-0.25, -0.2) is 9.78 Å². The van der Waals surface area contributed by atoms with E-state index in [2.05, 4.69) is 27.8 Å². The van der Waals surface area contributed by atoms with Gasteiger partial charge in [0.15, 0.2) is 0 Å². The van der Waals surface area contributed by atoms with Gasteiger partial charge in [-0.15, -0.1) is 0 Å². The number of carboxylic acids is 1. The molecule has 0 unspecified atom stereocenters. The van der Waals surface area contributed by atoms with Crippen LogP contribution in [0.5, 0.6) is 0 Å². The van der Waals surface area contributed by atoms with Gasteiger partial charge in [-0.1, -0.05) is 35.3 Å². The maximum absolute atomic E-state index is 12.4. The molecule has 2 heterocycles. The number of ether oxygens (including phenoxy) is 1. The molecule has 1 atom stereocenters. The lowest BCUT2D eigenvalue weighted by Crippen LogP contribution is -2.41. The third-order valence-electron chi connectivity index (χ3n) is 5.27. The van der Waals surface area contributed by atoms with E-state index in [4.69, 9.17) is 27.9 Å². The first kappa shape index (κ1) is 24.3. The number of hydrogen-bond acceptors (Lipinski definition) is 5. The molecule has 32 heavy (non-hydrogen) atoms. The number of nitrogens with zero attached hydrogens (tertiary/aromatic N) is 1. The SMILES string of the molecule is O=C(N[C@H](CCOCCCCc1ccc2c(n1)NCCC2)C(=O)O)c1c(Cl)cccc1Cl. The van der Waals surface area contributed by atoms with Crippen LogP contribution in [-0.2, 0) is 22.4 Å². The van der Waals surface area contributed by atoms with E-state index in [1.54, 1.807) is 6.07 Å². The molecule has 172 valence electrons. The first-order valence-corrected chi connectivity index (χ1v) is 11.5. The molecular weight excluding hydrogens is 453 g/mol. The first-order chi connectivity index (χ1) is 15.5. The second-order valence-electron chi connectivity index (χ2n) is 7.66. The van der Waals surface area contributed by atoms with Crippen molar-refractivity contribution < 1.29 is 19.4 Å². The lowest BCUT2D eigenvalue weighted by Gasteiger charge is -2.17. The monoisotopic (exact) mass is 479 g/mol. The number of amides is 1. The van der Waals surface area contributed by atoms with Gasteiger partial charge in [-0.2, -0.15) is 0 Å². The molecule has 7 nitrogen and oxygen atoms in total. The number of unbranched alkanes of at least 4 members (excludes halogenated alkanes) is 1. The Morgan fingerprint density at radius 1 is 1.16 bits per heavy atom. The van der Waals surface area contributed by atoms with Crippen LogP contribution in [0, 0.1) is 0 Å². The average molecular weight is 480 g/mol. The fourth-order valence-electron chi connectivity index (χ4n) is 3.52. The van der Waals surface area contributed by atoms with E-state index in [0.29, 0.717) is 6.61 Å². The van der Waals surface area contributed by atoms with E-state index < -0.39 is 17.9 Å². The second-order valence-corrected chi connectivity index (χ2v) is 8.47. The highest BCUT2D eigenvalue weighted by molar-refractivity contribution is 6.39. The molecule has 1 aliphatic rings. The quantitative estimate of drug-likeness (QED) is 0.414. The van der Waals surface area contributed by atoms with Crippen molar-refractivity contribution in [3.05, 3.63) is 57.2 Å². The standard InChI is InChI=1S/C23H27Cl2N3O4/c24-17-7-3-8-18(25)20(17)22(29)28-19(23(30)31)11-14-32-13-2-1-6-16-10-9-15-5-4-12-26-21(15)27-16/h3,7-10,19H,1-2,4-6,11-14H2,(H,26,27)(H,28,29)(H,30,31)/t19-/m1/s1. The smallest absolute Gasteiger partial charge is 0.326 e. The van der Waals surface area contributed by atoms with Gasteiger partial charge in [0.2, 0.25) is 0 Å². The topological polar surface area (TPSA) is 101 Å². The van der Waals surface area contributed by atoms with Gasteiger partial charge in [0.05, 0.1) is 15.6 Å². The summed E-state index contributed by atoms with van der Waals surface area (Å²) in [5.74, 6) is -0.762. The van der Waals surface area contributed by atoms with Crippen LogP contribution in [0.15, 0.2) is 30.3 Å². The minimum Gasteiger partial charge on any atom is -0.480 e. The van der Waals surface area contributed by atoms with Crippen LogP contribution in [0.4, 0.5) is 5.82 Å². The van der Waals surface area contributed by atoms with Crippen molar-refractivity contribution in [2.24, 2.45) is 0 Å². The summed E-state index contributed by atoms with van der Waals surface area (Å²) in [6, 6.07) is 7.80. The summed E-state index contributed by atoms with van der Waals surface area (Å²) in [5.41, 5.74) is 2.40. The Kier molecular flexibility index (Phi) is 9.14. The highest BCUT2D eigenvalue weighted by Crippen LogP contribution is 2.24. The Labute approximate surface area is 197 Å². The molecule has 3 rings (SSSR count). The molecule has 3 N–H and O–H groups in total. The van der Waals surface area contributed by atoms with E-state index in [-0.39, 0.29) is 28.6 Å². The zero-order valence-corrected chi connectivity index (χ0v) is 19.2. The van der Waals surface area contributed by atoms with Crippen molar-refractivity contribution in [1.29, 1.82) is 0 Å². The molecule has 0 saturated heterocycles. The van der Waals surface area contributed by atoms with Gasteiger partial charge < -0.3 is 20.5 Å². The summed E-state index contributed by atoms with van der Waals surface area (Å²) < 4.78 is 5.58. The Morgan fingerprint density at radius 3 is 2.69 bits per heavy atom. The third-order valence-corrected chi connectivity index (χ3v) is 5.90. The summed E-state index contributed by atoms with van der Waals surface area (Å²) in [5, 5.41) is 15.5. The number of pyridine rings is 1. The number of benzene rings is 1. The Balaban J connectivity index is 1.36. The van der Waals surface area contributed by atoms with Crippen molar-refractivity contribution in [3.63, 3.8) is 0 Å². The predicted octanol–water partition coefficient (Wildman–Crippen LogP) is 4.36. The van der Waals surface area contributed by atoms with Crippen LogP contribution < -0.4 is 10.6 Å². The fourth-order valence-corrected chi connectivity index (χ4v) is 4.09. The Hall–Kier alpha value is -2.35. The number of carbonyl (C=O) groups excluding carboxylic acids is 1. The third kappa shape index (κ3) is 6.82. The number of aryl methyl sites for hydroxylation is 2. The van der Waals surface area contributed by atoms with E-state index >= 15 is 0 Å². The van der Waals surface area contributed by atoms with Gasteiger partial charge in [-0.05, 0) is 55.9 Å². The minimum absolute atomic E-state index is 0.0639. The van der Waals surface area contributed by atoms with Gasteiger partial charge in [0.25, 0.3) is 5.91 Å². The molecule has 9 heteroatoms. The number of anilines is 1. The van der Waals surface area contributed by atoms with Gasteiger partial charge in [0, 0.05) is 31.9 Å². The maximum atomic E-state index is 12.4. The number of fused-ring (bicyclic) bond motifs is 1. The first-order valence-electron chi connectivity index (χ1n) is 10.7. The Morgan fingerprint density at radius 2 is 1.94 bits per heavy atom. The highest BCUT2D eigenvalue weighted by Gasteiger charge is 2.23. The molecule has 0 saturated carbocycles. The molecule has 1 aromatic carbocycles. The normalized spacial score (nSPS) is 13.7. The molecule has 1 amide bonds.